The van der Waals surface area contributed by atoms with Crippen LogP contribution in [-0.2, 0) is 9.59 Å². The minimum absolute atomic E-state index is 0.248. The minimum atomic E-state index is -0.523. The summed E-state index contributed by atoms with van der Waals surface area (Å²) in [6.45, 7) is 11.0. The number of halogens is 1. The molecule has 0 N–H and O–H groups in total. The van der Waals surface area contributed by atoms with Crippen molar-refractivity contribution in [2.45, 2.75) is 38.5 Å². The van der Waals surface area contributed by atoms with Crippen LogP contribution in [0.3, 0.4) is 0 Å². The fourth-order valence-electron chi connectivity index (χ4n) is 4.70. The third kappa shape index (κ3) is 2.75. The minimum Gasteiger partial charge on any atom is -0.422 e. The second-order valence-electron chi connectivity index (χ2n) is 7.62. The van der Waals surface area contributed by atoms with E-state index in [0.29, 0.717) is 38.8 Å². The van der Waals surface area contributed by atoms with Crippen LogP contribution < -0.4 is 9.47 Å². The van der Waals surface area contributed by atoms with Gasteiger partial charge >= 0.3 is 11.9 Å². The number of esters is 2. The molecule has 0 aromatic heterocycles. The van der Waals surface area contributed by atoms with E-state index in [2.05, 4.69) is 20.1 Å². The maximum absolute atomic E-state index is 12.4. The summed E-state index contributed by atoms with van der Waals surface area (Å²) in [5.74, 6) is 0.937. The molecule has 4 rings (SSSR count). The molecule has 3 unspecified atom stereocenters. The Bertz CT molecular complexity index is 1050. The number of ether oxygens (including phenoxy) is 2. The lowest BCUT2D eigenvalue weighted by Crippen LogP contribution is -2.14. The first-order valence-electron chi connectivity index (χ1n) is 9.34. The molecule has 0 spiro atoms. The summed E-state index contributed by atoms with van der Waals surface area (Å²) in [7, 11) is 0. The van der Waals surface area contributed by atoms with Crippen molar-refractivity contribution in [3.8, 4) is 11.5 Å². The topological polar surface area (TPSA) is 52.6 Å². The average molecular weight is 397 g/mol. The lowest BCUT2D eigenvalue weighted by Gasteiger charge is -2.24. The highest BCUT2D eigenvalue weighted by Gasteiger charge is 2.48. The molecule has 0 heterocycles. The van der Waals surface area contributed by atoms with Gasteiger partial charge in [0.2, 0.25) is 0 Å². The molecular weight excluding hydrogens is 376 g/mol. The molecule has 2 aliphatic rings. The smallest absolute Gasteiger partial charge is 0.338 e. The number of carbonyl (C=O) groups excluding carboxylic acids is 2. The van der Waals surface area contributed by atoms with Crippen LogP contribution in [0, 0.1) is 5.92 Å². The predicted molar refractivity (Wildman–Crippen MR) is 109 cm³/mol. The number of fused-ring (bicyclic) bond motifs is 6. The molecular formula is C23H21ClO4. The summed E-state index contributed by atoms with van der Waals surface area (Å²) >= 11 is 6.25. The normalized spacial score (nSPS) is 22.0. The summed E-state index contributed by atoms with van der Waals surface area (Å²) in [4.78, 5) is 24.5. The average Bonchev–Trinajstić information content (AvgIpc) is 3.16. The second-order valence-corrected chi connectivity index (χ2v) is 8.06. The van der Waals surface area contributed by atoms with E-state index in [1.807, 2.05) is 0 Å². The molecule has 0 saturated heterocycles. The van der Waals surface area contributed by atoms with Crippen LogP contribution >= 0.6 is 11.6 Å². The van der Waals surface area contributed by atoms with Gasteiger partial charge in [-0.3, -0.25) is 0 Å². The fourth-order valence-corrected chi connectivity index (χ4v) is 4.87. The Morgan fingerprint density at radius 2 is 1.71 bits per heavy atom. The lowest BCUT2D eigenvalue weighted by molar-refractivity contribution is -0.130. The van der Waals surface area contributed by atoms with Crippen LogP contribution in [-0.4, -0.2) is 11.9 Å². The number of rotatable bonds is 4. The van der Waals surface area contributed by atoms with Crippen molar-refractivity contribution in [1.82, 2.24) is 0 Å². The van der Waals surface area contributed by atoms with E-state index in [9.17, 15) is 9.59 Å². The monoisotopic (exact) mass is 396 g/mol. The quantitative estimate of drug-likeness (QED) is 0.379. The molecule has 3 atom stereocenters. The molecule has 0 aliphatic heterocycles. The van der Waals surface area contributed by atoms with E-state index >= 15 is 0 Å². The summed E-state index contributed by atoms with van der Waals surface area (Å²) < 4.78 is 11.5. The number of benzene rings is 2. The highest BCUT2D eigenvalue weighted by Crippen LogP contribution is 2.64. The van der Waals surface area contributed by atoms with Gasteiger partial charge < -0.3 is 9.47 Å². The van der Waals surface area contributed by atoms with Crippen LogP contribution in [0.5, 0.6) is 11.5 Å². The zero-order valence-electron chi connectivity index (χ0n) is 15.9. The molecule has 0 radical (unpaired) electrons. The number of hydrogen-bond acceptors (Lipinski definition) is 4. The van der Waals surface area contributed by atoms with Crippen molar-refractivity contribution in [2.24, 2.45) is 5.92 Å². The van der Waals surface area contributed by atoms with Gasteiger partial charge in [-0.05, 0) is 55.7 Å². The zero-order chi connectivity index (χ0) is 20.2. The molecule has 1 saturated carbocycles. The molecule has 2 aliphatic carbocycles. The van der Waals surface area contributed by atoms with Gasteiger partial charge in [-0.15, -0.1) is 0 Å². The Hall–Kier alpha value is -2.59. The third-order valence-electron chi connectivity index (χ3n) is 5.96. The molecule has 4 nitrogen and oxygen atoms in total. The standard InChI is InChI=1S/C23H21ClO4/c1-5-18(25)27-22-17-10-13(24)6-7-16(17)21(28-23(26)11(2)3)19-14-8-9-15(12(14)4)20(19)22/h5-7,10,12,14-15H,1-2,8-9H2,3-4H3. The van der Waals surface area contributed by atoms with Crippen LogP contribution in [0.4, 0.5) is 0 Å². The van der Waals surface area contributed by atoms with E-state index in [0.717, 1.165) is 30.0 Å². The summed E-state index contributed by atoms with van der Waals surface area (Å²) in [6, 6.07) is 5.29. The number of carbonyl (C=O) groups is 2. The molecule has 2 aromatic rings. The molecule has 144 valence electrons. The highest BCUT2D eigenvalue weighted by molar-refractivity contribution is 6.31. The lowest BCUT2D eigenvalue weighted by atomic mass is 9.87. The predicted octanol–water partition coefficient (Wildman–Crippen LogP) is 5.68. The fraction of sp³-hybridized carbons (Fsp3) is 0.304. The Morgan fingerprint density at radius 3 is 2.29 bits per heavy atom. The second kappa shape index (κ2) is 6.78. The maximum Gasteiger partial charge on any atom is 0.338 e. The van der Waals surface area contributed by atoms with Crippen molar-refractivity contribution >= 4 is 34.3 Å². The van der Waals surface area contributed by atoms with Crippen LogP contribution in [0.15, 0.2) is 43.0 Å². The number of hydrogen-bond donors (Lipinski definition) is 0. The van der Waals surface area contributed by atoms with E-state index < -0.39 is 11.9 Å². The first kappa shape index (κ1) is 18.8. The first-order valence-corrected chi connectivity index (χ1v) is 9.72. The van der Waals surface area contributed by atoms with Gasteiger partial charge in [0.15, 0.2) is 0 Å². The Morgan fingerprint density at radius 1 is 1.11 bits per heavy atom. The zero-order valence-corrected chi connectivity index (χ0v) is 16.6. The first-order chi connectivity index (χ1) is 13.3. The van der Waals surface area contributed by atoms with Gasteiger partial charge in [0, 0.05) is 38.6 Å². The van der Waals surface area contributed by atoms with Gasteiger partial charge in [-0.2, -0.15) is 0 Å². The Labute approximate surface area is 168 Å². The van der Waals surface area contributed by atoms with Crippen LogP contribution in [0.2, 0.25) is 5.02 Å². The summed E-state index contributed by atoms with van der Waals surface area (Å²) in [5.41, 5.74) is 2.26. The van der Waals surface area contributed by atoms with Crippen LogP contribution in [0.25, 0.3) is 10.8 Å². The maximum atomic E-state index is 12.4. The Balaban J connectivity index is 2.06. The van der Waals surface area contributed by atoms with Crippen molar-refractivity contribution in [1.29, 1.82) is 0 Å². The van der Waals surface area contributed by atoms with Gasteiger partial charge in [-0.25, -0.2) is 9.59 Å². The third-order valence-corrected chi connectivity index (χ3v) is 6.20. The molecule has 28 heavy (non-hydrogen) atoms. The van der Waals surface area contributed by atoms with Gasteiger partial charge in [0.05, 0.1) is 0 Å². The molecule has 0 amide bonds. The molecule has 1 fully saturated rings. The summed E-state index contributed by atoms with van der Waals surface area (Å²) in [6.07, 6.45) is 3.18. The van der Waals surface area contributed by atoms with Crippen molar-refractivity contribution < 1.29 is 19.1 Å². The van der Waals surface area contributed by atoms with E-state index in [1.165, 1.54) is 0 Å². The van der Waals surface area contributed by atoms with Crippen molar-refractivity contribution in [2.75, 3.05) is 0 Å². The van der Waals surface area contributed by atoms with Gasteiger partial charge in [0.1, 0.15) is 11.5 Å². The molecule has 5 heteroatoms. The Kier molecular flexibility index (Phi) is 4.54. The molecule has 2 bridgehead atoms. The van der Waals surface area contributed by atoms with Gasteiger partial charge in [0.25, 0.3) is 0 Å². The van der Waals surface area contributed by atoms with E-state index in [-0.39, 0.29) is 11.8 Å². The molecule has 2 aromatic carbocycles. The largest absolute Gasteiger partial charge is 0.422 e. The highest BCUT2D eigenvalue weighted by atomic mass is 35.5. The SMILES string of the molecule is C=CC(=O)Oc1c2c(c(OC(=O)C(=C)C)c3ccc(Cl)cc13)C1CCC2C1C. The van der Waals surface area contributed by atoms with Crippen LogP contribution in [0.1, 0.15) is 49.7 Å². The van der Waals surface area contributed by atoms with Crippen molar-refractivity contribution in [3.63, 3.8) is 0 Å². The van der Waals surface area contributed by atoms with Crippen molar-refractivity contribution in [3.05, 3.63) is 59.2 Å². The summed E-state index contributed by atoms with van der Waals surface area (Å²) in [5, 5.41) is 1.87. The van der Waals surface area contributed by atoms with E-state index in [4.69, 9.17) is 21.1 Å². The van der Waals surface area contributed by atoms with Gasteiger partial charge in [-0.1, -0.05) is 31.7 Å². The van der Waals surface area contributed by atoms with E-state index in [1.54, 1.807) is 25.1 Å².